The first-order valence-electron chi connectivity index (χ1n) is 8.74. The summed E-state index contributed by atoms with van der Waals surface area (Å²) in [4.78, 5) is 15.5. The molecule has 0 aliphatic rings. The van der Waals surface area contributed by atoms with E-state index in [4.69, 9.17) is 0 Å². The van der Waals surface area contributed by atoms with E-state index in [1.165, 1.54) is 12.1 Å². The number of benzene rings is 2. The Bertz CT molecular complexity index is 1080. The molecule has 0 radical (unpaired) electrons. The molecule has 6 heteroatoms. The zero-order chi connectivity index (χ0) is 18.8. The highest BCUT2D eigenvalue weighted by atomic mass is 19.1. The third-order valence-electron chi connectivity index (χ3n) is 4.52. The molecule has 2 aromatic carbocycles. The zero-order valence-electron chi connectivity index (χ0n) is 14.8. The van der Waals surface area contributed by atoms with Crippen LogP contribution in [0.5, 0.6) is 0 Å². The van der Waals surface area contributed by atoms with Crippen LogP contribution in [0.4, 0.5) is 4.39 Å². The van der Waals surface area contributed by atoms with Gasteiger partial charge in [0.15, 0.2) is 0 Å². The van der Waals surface area contributed by atoms with Gasteiger partial charge in [-0.3, -0.25) is 9.48 Å². The molecule has 136 valence electrons. The third kappa shape index (κ3) is 3.74. The highest BCUT2D eigenvalue weighted by Crippen LogP contribution is 2.18. The van der Waals surface area contributed by atoms with Crippen LogP contribution >= 0.6 is 0 Å². The second-order valence-corrected chi connectivity index (χ2v) is 6.57. The van der Waals surface area contributed by atoms with Gasteiger partial charge in [0.1, 0.15) is 11.5 Å². The minimum absolute atomic E-state index is 0.204. The average Bonchev–Trinajstić information content (AvgIpc) is 3.29. The lowest BCUT2D eigenvalue weighted by Crippen LogP contribution is -2.26. The molecule has 2 N–H and O–H groups in total. The van der Waals surface area contributed by atoms with Crippen molar-refractivity contribution >= 4 is 16.8 Å². The van der Waals surface area contributed by atoms with E-state index in [1.54, 1.807) is 18.3 Å². The maximum Gasteiger partial charge on any atom is 0.268 e. The summed E-state index contributed by atoms with van der Waals surface area (Å²) < 4.78 is 15.2. The molecular formula is C21H19FN4O. The van der Waals surface area contributed by atoms with Crippen molar-refractivity contribution in [3.63, 3.8) is 0 Å². The smallest absolute Gasteiger partial charge is 0.268 e. The van der Waals surface area contributed by atoms with Gasteiger partial charge in [-0.2, -0.15) is 5.10 Å². The number of hydrogen-bond acceptors (Lipinski definition) is 2. The summed E-state index contributed by atoms with van der Waals surface area (Å²) in [5, 5.41) is 7.99. The number of amides is 1. The predicted octanol–water partition coefficient (Wildman–Crippen LogP) is 4.04. The average molecular weight is 362 g/mol. The fourth-order valence-corrected chi connectivity index (χ4v) is 3.04. The lowest BCUT2D eigenvalue weighted by Gasteiger charge is -2.11. The number of nitrogens with one attached hydrogen (secondary N) is 2. The van der Waals surface area contributed by atoms with Crippen molar-refractivity contribution in [1.29, 1.82) is 0 Å². The summed E-state index contributed by atoms with van der Waals surface area (Å²) >= 11 is 0. The molecule has 0 aliphatic heterocycles. The molecule has 4 aromatic rings. The van der Waals surface area contributed by atoms with Crippen LogP contribution in [0.25, 0.3) is 10.9 Å². The molecule has 2 aromatic heterocycles. The van der Waals surface area contributed by atoms with E-state index in [-0.39, 0.29) is 17.8 Å². The highest BCUT2D eigenvalue weighted by molar-refractivity contribution is 5.98. The first kappa shape index (κ1) is 17.0. The minimum atomic E-state index is -0.326. The van der Waals surface area contributed by atoms with E-state index in [0.717, 1.165) is 16.6 Å². The molecule has 27 heavy (non-hydrogen) atoms. The molecule has 0 aliphatic carbocycles. The fraction of sp³-hybridized carbons (Fsp3) is 0.143. The number of aromatic amines is 1. The number of rotatable bonds is 5. The molecular weight excluding hydrogens is 343 g/mol. The molecule has 2 heterocycles. The van der Waals surface area contributed by atoms with Gasteiger partial charge in [-0.25, -0.2) is 4.39 Å². The largest absolute Gasteiger partial charge is 0.351 e. The van der Waals surface area contributed by atoms with E-state index in [0.29, 0.717) is 17.6 Å². The van der Waals surface area contributed by atoms with E-state index < -0.39 is 0 Å². The van der Waals surface area contributed by atoms with E-state index >= 15 is 0 Å². The van der Waals surface area contributed by atoms with Crippen LogP contribution in [0.15, 0.2) is 67.0 Å². The van der Waals surface area contributed by atoms with Gasteiger partial charge in [0, 0.05) is 22.7 Å². The van der Waals surface area contributed by atoms with Gasteiger partial charge in [0.25, 0.3) is 5.91 Å². The predicted molar refractivity (Wildman–Crippen MR) is 102 cm³/mol. The van der Waals surface area contributed by atoms with Gasteiger partial charge in [0.05, 0.1) is 18.8 Å². The number of aromatic nitrogens is 3. The Kier molecular flexibility index (Phi) is 4.46. The van der Waals surface area contributed by atoms with Crippen LogP contribution in [-0.2, 0) is 6.54 Å². The third-order valence-corrected chi connectivity index (χ3v) is 4.52. The molecule has 0 spiro atoms. The summed E-state index contributed by atoms with van der Waals surface area (Å²) in [6.07, 6.45) is 3.69. The van der Waals surface area contributed by atoms with Gasteiger partial charge in [-0.15, -0.1) is 0 Å². The Balaban J connectivity index is 1.45. The Labute approximate surface area is 155 Å². The van der Waals surface area contributed by atoms with E-state index in [9.17, 15) is 9.18 Å². The van der Waals surface area contributed by atoms with Crippen LogP contribution < -0.4 is 5.32 Å². The first-order chi connectivity index (χ1) is 13.1. The highest BCUT2D eigenvalue weighted by Gasteiger charge is 2.15. The van der Waals surface area contributed by atoms with Crippen LogP contribution in [0.3, 0.4) is 0 Å². The van der Waals surface area contributed by atoms with Gasteiger partial charge < -0.3 is 10.3 Å². The standard InChI is InChI=1S/C21H19FN4O/c1-14(17-11-23-26(13-17)12-15-5-3-2-4-6-15)24-21(27)20-10-16-9-18(22)7-8-19(16)25-20/h2-11,13-14,25H,12H2,1H3,(H,24,27). The molecule has 1 unspecified atom stereocenters. The van der Waals surface area contributed by atoms with Crippen molar-refractivity contribution in [1.82, 2.24) is 20.1 Å². The van der Waals surface area contributed by atoms with Crippen LogP contribution in [0.2, 0.25) is 0 Å². The SMILES string of the molecule is CC(NC(=O)c1cc2cc(F)ccc2[nH]1)c1cnn(Cc2ccccc2)c1. The van der Waals surface area contributed by atoms with Crippen LogP contribution in [-0.4, -0.2) is 20.7 Å². The summed E-state index contributed by atoms with van der Waals surface area (Å²) in [6, 6.07) is 15.9. The van der Waals surface area contributed by atoms with Gasteiger partial charge in [0.2, 0.25) is 0 Å². The molecule has 0 fully saturated rings. The van der Waals surface area contributed by atoms with Gasteiger partial charge in [-0.1, -0.05) is 30.3 Å². The number of H-pyrrole nitrogens is 1. The number of fused-ring (bicyclic) bond motifs is 1. The monoisotopic (exact) mass is 362 g/mol. The number of carbonyl (C=O) groups excluding carboxylic acids is 1. The minimum Gasteiger partial charge on any atom is -0.351 e. The summed E-state index contributed by atoms with van der Waals surface area (Å²) in [5.74, 6) is -0.567. The quantitative estimate of drug-likeness (QED) is 0.563. The second kappa shape index (κ2) is 7.07. The Morgan fingerprint density at radius 2 is 2.04 bits per heavy atom. The molecule has 0 saturated carbocycles. The summed E-state index contributed by atoms with van der Waals surface area (Å²) in [7, 11) is 0. The Morgan fingerprint density at radius 3 is 2.85 bits per heavy atom. The molecule has 0 saturated heterocycles. The lowest BCUT2D eigenvalue weighted by molar-refractivity contribution is 0.0935. The Hall–Kier alpha value is -3.41. The number of hydrogen-bond donors (Lipinski definition) is 2. The van der Waals surface area contributed by atoms with Crippen molar-refractivity contribution < 1.29 is 9.18 Å². The summed E-state index contributed by atoms with van der Waals surface area (Å²) in [6.45, 7) is 2.58. The van der Waals surface area contributed by atoms with Crippen LogP contribution in [0, 0.1) is 5.82 Å². The number of carbonyl (C=O) groups is 1. The van der Waals surface area contributed by atoms with Gasteiger partial charge >= 0.3 is 0 Å². The van der Waals surface area contributed by atoms with Crippen molar-refractivity contribution in [3.8, 4) is 0 Å². The number of halogens is 1. The van der Waals surface area contributed by atoms with Crippen molar-refractivity contribution in [2.45, 2.75) is 19.5 Å². The number of nitrogens with zero attached hydrogens (tertiary/aromatic N) is 2. The van der Waals surface area contributed by atoms with Gasteiger partial charge in [-0.05, 0) is 36.8 Å². The first-order valence-corrected chi connectivity index (χ1v) is 8.74. The van der Waals surface area contributed by atoms with Crippen molar-refractivity contribution in [3.05, 3.63) is 89.6 Å². The lowest BCUT2D eigenvalue weighted by atomic mass is 10.2. The van der Waals surface area contributed by atoms with Crippen molar-refractivity contribution in [2.24, 2.45) is 0 Å². The Morgan fingerprint density at radius 1 is 1.22 bits per heavy atom. The van der Waals surface area contributed by atoms with E-state index in [2.05, 4.69) is 15.4 Å². The molecule has 1 atom stereocenters. The van der Waals surface area contributed by atoms with Crippen molar-refractivity contribution in [2.75, 3.05) is 0 Å². The summed E-state index contributed by atoms with van der Waals surface area (Å²) in [5.41, 5.74) is 3.21. The molecule has 5 nitrogen and oxygen atoms in total. The zero-order valence-corrected chi connectivity index (χ0v) is 14.8. The topological polar surface area (TPSA) is 62.7 Å². The molecule has 4 rings (SSSR count). The van der Waals surface area contributed by atoms with E-state index in [1.807, 2.05) is 48.1 Å². The van der Waals surface area contributed by atoms with Crippen LogP contribution in [0.1, 0.15) is 34.6 Å². The second-order valence-electron chi connectivity index (χ2n) is 6.57. The maximum atomic E-state index is 13.3. The normalized spacial score (nSPS) is 12.2. The fourth-order valence-electron chi connectivity index (χ4n) is 3.04. The molecule has 0 bridgehead atoms. The maximum absolute atomic E-state index is 13.3. The molecule has 1 amide bonds.